The van der Waals surface area contributed by atoms with Crippen molar-refractivity contribution in [3.8, 4) is 0 Å². The standard InChI is InChI=1S/C13H13F5O2/c1-3-4-5-6(2)20-13(19)7-8(14)10(16)12(18)11(17)9(7)15/h6H,3-5H2,1-2H3. The second kappa shape index (κ2) is 6.67. The molecule has 0 N–H and O–H groups in total. The molecule has 20 heavy (non-hydrogen) atoms. The summed E-state index contributed by atoms with van der Waals surface area (Å²) in [4.78, 5) is 11.5. The maximum absolute atomic E-state index is 13.3. The van der Waals surface area contributed by atoms with Crippen LogP contribution in [0.25, 0.3) is 0 Å². The topological polar surface area (TPSA) is 26.3 Å². The second-order valence-corrected chi connectivity index (χ2v) is 4.30. The Balaban J connectivity index is 3.05. The average Bonchev–Trinajstić information content (AvgIpc) is 2.40. The third-order valence-electron chi connectivity index (χ3n) is 2.69. The zero-order chi connectivity index (χ0) is 15.4. The number of esters is 1. The molecule has 1 atom stereocenters. The van der Waals surface area contributed by atoms with Crippen LogP contribution in [0.4, 0.5) is 22.0 Å². The van der Waals surface area contributed by atoms with Gasteiger partial charge in [-0.2, -0.15) is 0 Å². The van der Waals surface area contributed by atoms with Gasteiger partial charge in [0, 0.05) is 0 Å². The summed E-state index contributed by atoms with van der Waals surface area (Å²) in [7, 11) is 0. The van der Waals surface area contributed by atoms with Gasteiger partial charge in [-0.3, -0.25) is 0 Å². The molecule has 7 heteroatoms. The average molecular weight is 296 g/mol. The van der Waals surface area contributed by atoms with Crippen molar-refractivity contribution in [2.75, 3.05) is 0 Å². The summed E-state index contributed by atoms with van der Waals surface area (Å²) in [6.45, 7) is 3.36. The fraction of sp³-hybridized carbons (Fsp3) is 0.462. The molecule has 0 radical (unpaired) electrons. The zero-order valence-electron chi connectivity index (χ0n) is 10.9. The molecule has 0 saturated heterocycles. The highest BCUT2D eigenvalue weighted by atomic mass is 19.2. The summed E-state index contributed by atoms with van der Waals surface area (Å²) in [6.07, 6.45) is 1.26. The van der Waals surface area contributed by atoms with Crippen molar-refractivity contribution >= 4 is 5.97 Å². The van der Waals surface area contributed by atoms with Crippen molar-refractivity contribution in [2.45, 2.75) is 39.2 Å². The largest absolute Gasteiger partial charge is 0.459 e. The van der Waals surface area contributed by atoms with Gasteiger partial charge >= 0.3 is 5.97 Å². The summed E-state index contributed by atoms with van der Waals surface area (Å²) < 4.78 is 70.0. The third-order valence-corrected chi connectivity index (χ3v) is 2.69. The molecule has 1 aromatic carbocycles. The SMILES string of the molecule is CCCCC(C)OC(=O)c1c(F)c(F)c(F)c(F)c1F. The van der Waals surface area contributed by atoms with E-state index in [-0.39, 0.29) is 0 Å². The Kier molecular flexibility index (Phi) is 5.47. The Hall–Kier alpha value is -1.66. The van der Waals surface area contributed by atoms with Crippen LogP contribution in [0.5, 0.6) is 0 Å². The van der Waals surface area contributed by atoms with E-state index >= 15 is 0 Å². The Bertz CT molecular complexity index is 487. The lowest BCUT2D eigenvalue weighted by Gasteiger charge is -2.14. The van der Waals surface area contributed by atoms with Crippen LogP contribution in [0.15, 0.2) is 0 Å². The van der Waals surface area contributed by atoms with Gasteiger partial charge in [-0.15, -0.1) is 0 Å². The molecule has 0 aliphatic rings. The van der Waals surface area contributed by atoms with Gasteiger partial charge < -0.3 is 4.74 Å². The lowest BCUT2D eigenvalue weighted by molar-refractivity contribution is 0.0306. The molecule has 0 amide bonds. The van der Waals surface area contributed by atoms with E-state index in [1.807, 2.05) is 6.92 Å². The minimum atomic E-state index is -2.31. The molecular formula is C13H13F5O2. The van der Waals surface area contributed by atoms with E-state index in [1.165, 1.54) is 6.92 Å². The van der Waals surface area contributed by atoms with Crippen LogP contribution in [0.2, 0.25) is 0 Å². The van der Waals surface area contributed by atoms with E-state index in [2.05, 4.69) is 4.74 Å². The highest BCUT2D eigenvalue weighted by Gasteiger charge is 2.31. The third kappa shape index (κ3) is 3.26. The molecule has 0 aliphatic carbocycles. The molecule has 0 bridgehead atoms. The van der Waals surface area contributed by atoms with Crippen LogP contribution in [-0.4, -0.2) is 12.1 Å². The number of halogens is 5. The predicted molar refractivity (Wildman–Crippen MR) is 60.6 cm³/mol. The van der Waals surface area contributed by atoms with Gasteiger partial charge in [0.25, 0.3) is 0 Å². The number of carbonyl (C=O) groups is 1. The Morgan fingerprint density at radius 1 is 1.00 bits per heavy atom. The van der Waals surface area contributed by atoms with Crippen LogP contribution in [0.1, 0.15) is 43.5 Å². The quantitative estimate of drug-likeness (QED) is 0.353. The number of carbonyl (C=O) groups excluding carboxylic acids is 1. The van der Waals surface area contributed by atoms with Crippen LogP contribution < -0.4 is 0 Å². The van der Waals surface area contributed by atoms with E-state index in [4.69, 9.17) is 0 Å². The lowest BCUT2D eigenvalue weighted by Crippen LogP contribution is -2.20. The summed E-state index contributed by atoms with van der Waals surface area (Å²) in [6, 6.07) is 0. The van der Waals surface area contributed by atoms with Crippen LogP contribution in [-0.2, 0) is 4.74 Å². The van der Waals surface area contributed by atoms with Crippen molar-refractivity contribution in [1.82, 2.24) is 0 Å². The van der Waals surface area contributed by atoms with Crippen LogP contribution in [0, 0.1) is 29.1 Å². The normalized spacial score (nSPS) is 12.3. The molecule has 0 heterocycles. The Morgan fingerprint density at radius 3 is 1.90 bits per heavy atom. The van der Waals surface area contributed by atoms with Gasteiger partial charge in [0.05, 0.1) is 6.10 Å². The maximum Gasteiger partial charge on any atom is 0.344 e. The fourth-order valence-electron chi connectivity index (χ4n) is 1.58. The highest BCUT2D eigenvalue weighted by molar-refractivity contribution is 5.90. The Labute approximate surface area is 112 Å². The molecule has 0 fully saturated rings. The zero-order valence-corrected chi connectivity index (χ0v) is 10.9. The number of ether oxygens (including phenoxy) is 1. The first-order valence-corrected chi connectivity index (χ1v) is 6.03. The number of rotatable bonds is 5. The summed E-state index contributed by atoms with van der Waals surface area (Å²) in [5, 5.41) is 0. The molecule has 112 valence electrons. The van der Waals surface area contributed by atoms with Crippen LogP contribution in [0.3, 0.4) is 0 Å². The van der Waals surface area contributed by atoms with Crippen molar-refractivity contribution in [3.63, 3.8) is 0 Å². The minimum Gasteiger partial charge on any atom is -0.459 e. The van der Waals surface area contributed by atoms with E-state index in [0.29, 0.717) is 12.8 Å². The minimum absolute atomic E-state index is 0.428. The first-order chi connectivity index (χ1) is 9.31. The summed E-state index contributed by atoms with van der Waals surface area (Å²) >= 11 is 0. The first kappa shape index (κ1) is 16.4. The van der Waals surface area contributed by atoms with Gasteiger partial charge in [-0.25, -0.2) is 26.7 Å². The Morgan fingerprint density at radius 2 is 1.45 bits per heavy atom. The second-order valence-electron chi connectivity index (χ2n) is 4.30. The van der Waals surface area contributed by atoms with Gasteiger partial charge in [-0.1, -0.05) is 19.8 Å². The molecule has 0 aliphatic heterocycles. The maximum atomic E-state index is 13.3. The van der Waals surface area contributed by atoms with Gasteiger partial charge in [0.1, 0.15) is 5.56 Å². The number of benzene rings is 1. The molecule has 0 saturated carbocycles. The van der Waals surface area contributed by atoms with E-state index in [9.17, 15) is 26.7 Å². The van der Waals surface area contributed by atoms with E-state index in [1.54, 1.807) is 0 Å². The molecule has 1 rings (SSSR count). The molecular weight excluding hydrogens is 283 g/mol. The fourth-order valence-corrected chi connectivity index (χ4v) is 1.58. The number of unbranched alkanes of at least 4 members (excludes halogenated alkanes) is 1. The van der Waals surface area contributed by atoms with Gasteiger partial charge in [0.2, 0.25) is 5.82 Å². The van der Waals surface area contributed by atoms with E-state index < -0.39 is 46.7 Å². The number of hydrogen-bond donors (Lipinski definition) is 0. The van der Waals surface area contributed by atoms with Crippen molar-refractivity contribution < 1.29 is 31.5 Å². The number of hydrogen-bond acceptors (Lipinski definition) is 2. The van der Waals surface area contributed by atoms with Crippen molar-refractivity contribution in [2.24, 2.45) is 0 Å². The molecule has 0 spiro atoms. The predicted octanol–water partition coefficient (Wildman–Crippen LogP) is 4.12. The highest BCUT2D eigenvalue weighted by Crippen LogP contribution is 2.24. The lowest BCUT2D eigenvalue weighted by atomic mass is 10.1. The smallest absolute Gasteiger partial charge is 0.344 e. The summed E-state index contributed by atoms with van der Waals surface area (Å²) in [5.41, 5.74) is -1.57. The van der Waals surface area contributed by atoms with Crippen molar-refractivity contribution in [3.05, 3.63) is 34.6 Å². The van der Waals surface area contributed by atoms with Gasteiger partial charge in [-0.05, 0) is 13.3 Å². The molecule has 2 nitrogen and oxygen atoms in total. The van der Waals surface area contributed by atoms with Crippen LogP contribution >= 0.6 is 0 Å². The van der Waals surface area contributed by atoms with Crippen molar-refractivity contribution in [1.29, 1.82) is 0 Å². The molecule has 0 aromatic heterocycles. The first-order valence-electron chi connectivity index (χ1n) is 6.03. The molecule has 1 unspecified atom stereocenters. The van der Waals surface area contributed by atoms with E-state index in [0.717, 1.165) is 6.42 Å². The summed E-state index contributed by atoms with van der Waals surface area (Å²) in [5.74, 6) is -12.6. The molecule has 1 aromatic rings. The monoisotopic (exact) mass is 296 g/mol. The van der Waals surface area contributed by atoms with Gasteiger partial charge in [0.15, 0.2) is 23.3 Å².